The van der Waals surface area contributed by atoms with Crippen LogP contribution in [0.4, 0.5) is 4.79 Å². The number of alkyl carbamates (subject to hydrolysis) is 1. The van der Waals surface area contributed by atoms with Crippen LogP contribution in [0.5, 0.6) is 0 Å². The fourth-order valence-electron chi connectivity index (χ4n) is 5.39. The third-order valence-corrected chi connectivity index (χ3v) is 7.66. The number of hydrogen-bond donors (Lipinski definition) is 4. The Balaban J connectivity index is 1.50. The van der Waals surface area contributed by atoms with Crippen molar-refractivity contribution in [2.24, 2.45) is 11.8 Å². The topological polar surface area (TPSA) is 143 Å². The van der Waals surface area contributed by atoms with Crippen LogP contribution in [0.25, 0.3) is 10.8 Å². The Hall–Kier alpha value is -4.73. The van der Waals surface area contributed by atoms with E-state index in [1.807, 2.05) is 86.6 Å². The summed E-state index contributed by atoms with van der Waals surface area (Å²) in [6.07, 6.45) is 1.07. The largest absolute Gasteiger partial charge is 0.445 e. The number of rotatable bonds is 14. The van der Waals surface area contributed by atoms with Crippen LogP contribution in [0.1, 0.15) is 44.2 Å². The highest BCUT2D eigenvalue weighted by atomic mass is 16.5. The van der Waals surface area contributed by atoms with Crippen LogP contribution in [-0.4, -0.2) is 54.8 Å². The number of nitrogens with one attached hydrogen (secondary N) is 4. The van der Waals surface area contributed by atoms with E-state index in [-0.39, 0.29) is 37.2 Å². The molecule has 4 rings (SSSR count). The van der Waals surface area contributed by atoms with E-state index in [0.717, 1.165) is 21.9 Å². The van der Waals surface area contributed by atoms with E-state index in [4.69, 9.17) is 4.74 Å². The molecular formula is C34H40N4O6. The summed E-state index contributed by atoms with van der Waals surface area (Å²) in [4.78, 5) is 63.9. The van der Waals surface area contributed by atoms with Crippen LogP contribution in [0, 0.1) is 11.8 Å². The van der Waals surface area contributed by atoms with Crippen LogP contribution in [-0.2, 0) is 36.9 Å². The lowest BCUT2D eigenvalue weighted by molar-refractivity contribution is -0.131. The molecule has 10 heteroatoms. The first-order chi connectivity index (χ1) is 21.2. The van der Waals surface area contributed by atoms with Crippen molar-refractivity contribution in [2.75, 3.05) is 6.54 Å². The average Bonchev–Trinajstić information content (AvgIpc) is 3.43. The molecule has 0 bridgehead atoms. The molecule has 1 aliphatic rings. The summed E-state index contributed by atoms with van der Waals surface area (Å²) in [7, 11) is 0. The zero-order chi connectivity index (χ0) is 31.5. The van der Waals surface area contributed by atoms with Crippen LogP contribution >= 0.6 is 0 Å². The monoisotopic (exact) mass is 600 g/mol. The molecule has 0 saturated carbocycles. The average molecular weight is 601 g/mol. The minimum atomic E-state index is -1.06. The van der Waals surface area contributed by atoms with Gasteiger partial charge in [-0.25, -0.2) is 4.79 Å². The van der Waals surface area contributed by atoms with Crippen molar-refractivity contribution in [1.29, 1.82) is 0 Å². The fraction of sp³-hybridized carbons (Fsp3) is 0.382. The molecule has 1 fully saturated rings. The lowest BCUT2D eigenvalue weighted by atomic mass is 9.97. The van der Waals surface area contributed by atoms with Crippen LogP contribution in [0.3, 0.4) is 0 Å². The Bertz CT molecular complexity index is 1460. The Morgan fingerprint density at radius 2 is 1.61 bits per heavy atom. The van der Waals surface area contributed by atoms with Crippen molar-refractivity contribution >= 4 is 40.9 Å². The minimum absolute atomic E-state index is 0.0275. The van der Waals surface area contributed by atoms with Crippen LogP contribution in [0.2, 0.25) is 0 Å². The number of ether oxygens (including phenoxy) is 1. The summed E-state index contributed by atoms with van der Waals surface area (Å²) in [6.45, 7) is 4.40. The number of aldehydes is 1. The first kappa shape index (κ1) is 32.2. The van der Waals surface area contributed by atoms with Crippen molar-refractivity contribution < 1.29 is 28.7 Å². The standard InChI is InChI=1S/C34H40N4O6/c1-22(2)17-29(32(41)36-27(20-39)18-26-15-16-35-31(26)40)37-33(42)30(38-34(43)44-21-23-9-4-3-5-10-23)19-25-13-8-12-24-11-6-7-14-28(24)25/h3-14,20,22,26-27,29-30H,15-19,21H2,1-2H3,(H,35,40)(H,36,41)(H,37,42)(H,38,43)/t26-,27-,29-,30?/m0/s1. The molecule has 1 unspecified atom stereocenters. The van der Waals surface area contributed by atoms with Crippen molar-refractivity contribution in [3.05, 3.63) is 83.9 Å². The van der Waals surface area contributed by atoms with Gasteiger partial charge in [-0.15, -0.1) is 0 Å². The highest BCUT2D eigenvalue weighted by Gasteiger charge is 2.32. The number of carbonyl (C=O) groups is 5. The van der Waals surface area contributed by atoms with Gasteiger partial charge in [0.05, 0.1) is 6.04 Å². The SMILES string of the molecule is CC(C)C[C@H](NC(=O)C(Cc1cccc2ccccc12)NC(=O)OCc1ccccc1)C(=O)N[C@H](C=O)C[C@@H]1CCNC1=O. The highest BCUT2D eigenvalue weighted by Crippen LogP contribution is 2.21. The van der Waals surface area contributed by atoms with Gasteiger partial charge in [-0.1, -0.05) is 86.6 Å². The minimum Gasteiger partial charge on any atom is -0.445 e. The van der Waals surface area contributed by atoms with Crippen LogP contribution in [0.15, 0.2) is 72.8 Å². The lowest BCUT2D eigenvalue weighted by Crippen LogP contribution is -2.56. The summed E-state index contributed by atoms with van der Waals surface area (Å²) in [5.41, 5.74) is 1.64. The Morgan fingerprint density at radius 3 is 2.32 bits per heavy atom. The molecule has 3 aromatic rings. The Labute approximate surface area is 257 Å². The lowest BCUT2D eigenvalue weighted by Gasteiger charge is -2.26. The maximum absolute atomic E-state index is 13.8. The smallest absolute Gasteiger partial charge is 0.408 e. The van der Waals surface area contributed by atoms with E-state index in [1.54, 1.807) is 0 Å². The van der Waals surface area contributed by atoms with Gasteiger partial charge in [-0.2, -0.15) is 0 Å². The van der Waals surface area contributed by atoms with Crippen molar-refractivity contribution in [3.63, 3.8) is 0 Å². The van der Waals surface area contributed by atoms with Gasteiger partial charge in [0, 0.05) is 18.9 Å². The quantitative estimate of drug-likeness (QED) is 0.209. The number of benzene rings is 3. The van der Waals surface area contributed by atoms with Gasteiger partial charge in [-0.05, 0) is 47.1 Å². The van der Waals surface area contributed by atoms with E-state index < -0.39 is 36.0 Å². The second-order valence-corrected chi connectivity index (χ2v) is 11.6. The Kier molecular flexibility index (Phi) is 11.5. The predicted octanol–water partition coefficient (Wildman–Crippen LogP) is 3.42. The van der Waals surface area contributed by atoms with Gasteiger partial charge in [0.2, 0.25) is 17.7 Å². The number of hydrogen-bond acceptors (Lipinski definition) is 6. The fourth-order valence-corrected chi connectivity index (χ4v) is 5.39. The molecule has 0 radical (unpaired) electrons. The molecule has 3 aromatic carbocycles. The third kappa shape index (κ3) is 9.13. The van der Waals surface area contributed by atoms with Crippen molar-refractivity contribution in [2.45, 2.75) is 64.3 Å². The third-order valence-electron chi connectivity index (χ3n) is 7.66. The van der Waals surface area contributed by atoms with Gasteiger partial charge in [-0.3, -0.25) is 14.4 Å². The molecule has 0 spiro atoms. The zero-order valence-corrected chi connectivity index (χ0v) is 25.1. The van der Waals surface area contributed by atoms with E-state index in [2.05, 4.69) is 21.3 Å². The van der Waals surface area contributed by atoms with Gasteiger partial charge >= 0.3 is 6.09 Å². The summed E-state index contributed by atoms with van der Waals surface area (Å²) >= 11 is 0. The Morgan fingerprint density at radius 1 is 0.909 bits per heavy atom. The molecule has 1 aliphatic heterocycles. The van der Waals surface area contributed by atoms with E-state index >= 15 is 0 Å². The highest BCUT2D eigenvalue weighted by molar-refractivity contribution is 5.93. The van der Waals surface area contributed by atoms with E-state index in [1.165, 1.54) is 0 Å². The number of carbonyl (C=O) groups excluding carboxylic acids is 5. The van der Waals surface area contributed by atoms with Crippen molar-refractivity contribution in [3.8, 4) is 0 Å². The van der Waals surface area contributed by atoms with Crippen molar-refractivity contribution in [1.82, 2.24) is 21.3 Å². The molecule has 4 amide bonds. The summed E-state index contributed by atoms with van der Waals surface area (Å²) in [5, 5.41) is 12.9. The predicted molar refractivity (Wildman–Crippen MR) is 166 cm³/mol. The first-order valence-electron chi connectivity index (χ1n) is 15.0. The van der Waals surface area contributed by atoms with Gasteiger partial charge in [0.1, 0.15) is 25.0 Å². The van der Waals surface area contributed by atoms with Gasteiger partial charge in [0.25, 0.3) is 0 Å². The second-order valence-electron chi connectivity index (χ2n) is 11.6. The summed E-state index contributed by atoms with van der Waals surface area (Å²) in [5.74, 6) is -1.56. The molecule has 44 heavy (non-hydrogen) atoms. The zero-order valence-electron chi connectivity index (χ0n) is 25.1. The van der Waals surface area contributed by atoms with Gasteiger partial charge in [0.15, 0.2) is 0 Å². The molecule has 0 aliphatic carbocycles. The molecule has 232 valence electrons. The molecule has 4 atom stereocenters. The van der Waals surface area contributed by atoms with Crippen LogP contribution < -0.4 is 21.3 Å². The normalized spacial score (nSPS) is 16.4. The molecule has 10 nitrogen and oxygen atoms in total. The maximum Gasteiger partial charge on any atom is 0.408 e. The van der Waals surface area contributed by atoms with E-state index in [9.17, 15) is 24.0 Å². The van der Waals surface area contributed by atoms with Gasteiger partial charge < -0.3 is 30.8 Å². The molecule has 1 saturated heterocycles. The maximum atomic E-state index is 13.8. The molecular weight excluding hydrogens is 560 g/mol. The number of amides is 4. The summed E-state index contributed by atoms with van der Waals surface area (Å²) in [6, 6.07) is 19.8. The summed E-state index contributed by atoms with van der Waals surface area (Å²) < 4.78 is 5.41. The van der Waals surface area contributed by atoms with E-state index in [0.29, 0.717) is 25.7 Å². The second kappa shape index (κ2) is 15.7. The molecule has 1 heterocycles. The molecule has 0 aromatic heterocycles. The molecule has 4 N–H and O–H groups in total. The number of fused-ring (bicyclic) bond motifs is 1. The first-order valence-corrected chi connectivity index (χ1v) is 15.0.